The van der Waals surface area contributed by atoms with Crippen molar-refractivity contribution in [2.75, 3.05) is 0 Å². The number of rotatable bonds is 10. The molecule has 0 aliphatic heterocycles. The van der Waals surface area contributed by atoms with E-state index in [1.54, 1.807) is 6.07 Å². The Bertz CT molecular complexity index is 3010. The number of fused-ring (bicyclic) bond motifs is 7. The van der Waals surface area contributed by atoms with Gasteiger partial charge < -0.3 is 14.8 Å². The van der Waals surface area contributed by atoms with Crippen LogP contribution in [0.2, 0.25) is 0 Å². The summed E-state index contributed by atoms with van der Waals surface area (Å²) in [7, 11) is 0. The minimum Gasteiger partial charge on any atom is -0.507 e. The summed E-state index contributed by atoms with van der Waals surface area (Å²) in [6.07, 6.45) is 6.52. The molecular weight excluding hydrogens is 681 g/mol. The summed E-state index contributed by atoms with van der Waals surface area (Å²) in [6.45, 7) is 14.2. The minimum atomic E-state index is -0.886. The van der Waals surface area contributed by atoms with Crippen LogP contribution in [0.1, 0.15) is 61.4 Å². The molecule has 2 N–H and O–H groups in total. The van der Waals surface area contributed by atoms with Crippen LogP contribution in [0.15, 0.2) is 158 Å². The Morgan fingerprint density at radius 3 is 2.05 bits per heavy atom. The first-order valence-electron chi connectivity index (χ1n) is 19.9. The van der Waals surface area contributed by atoms with Crippen LogP contribution in [-0.4, -0.2) is 15.5 Å². The lowest BCUT2D eigenvalue weighted by atomic mass is 9.57. The van der Waals surface area contributed by atoms with Crippen molar-refractivity contribution in [3.8, 4) is 5.75 Å². The Morgan fingerprint density at radius 2 is 1.30 bits per heavy atom. The van der Waals surface area contributed by atoms with E-state index >= 15 is 0 Å². The average molecular weight is 729 g/mol. The van der Waals surface area contributed by atoms with E-state index in [-0.39, 0.29) is 11.8 Å². The molecule has 0 radical (unpaired) electrons. The summed E-state index contributed by atoms with van der Waals surface area (Å²) in [6, 6.07) is 54.4. The van der Waals surface area contributed by atoms with Crippen molar-refractivity contribution in [2.45, 2.75) is 57.5 Å². The summed E-state index contributed by atoms with van der Waals surface area (Å²) < 4.78 is 2.45. The number of aromatic hydroxyl groups is 1. The second-order valence-corrected chi connectivity index (χ2v) is 15.8. The smallest absolute Gasteiger partial charge is 0.122 e. The molecule has 0 spiro atoms. The van der Waals surface area contributed by atoms with E-state index in [0.29, 0.717) is 0 Å². The predicted molar refractivity (Wildman–Crippen MR) is 239 cm³/mol. The van der Waals surface area contributed by atoms with Crippen LogP contribution in [-0.2, 0) is 11.0 Å². The fourth-order valence-electron chi connectivity index (χ4n) is 9.90. The van der Waals surface area contributed by atoms with Crippen molar-refractivity contribution in [1.82, 2.24) is 9.72 Å². The molecule has 3 unspecified atom stereocenters. The molecule has 276 valence electrons. The average Bonchev–Trinajstić information content (AvgIpc) is 3.72. The van der Waals surface area contributed by atoms with Crippen molar-refractivity contribution in [2.24, 2.45) is 0 Å². The number of hydrogen-bond acceptors (Lipinski definition) is 2. The molecule has 3 nitrogen and oxygen atoms in total. The van der Waals surface area contributed by atoms with Crippen LogP contribution in [0.25, 0.3) is 61.5 Å². The van der Waals surface area contributed by atoms with E-state index in [1.165, 1.54) is 43.6 Å². The second kappa shape index (κ2) is 13.8. The summed E-state index contributed by atoms with van der Waals surface area (Å²) in [5.74, 6) is 0.250. The highest BCUT2D eigenvalue weighted by atomic mass is 16.3. The third-order valence-corrected chi connectivity index (χ3v) is 12.4. The number of nitrogens with zero attached hydrogens (tertiary/aromatic N) is 1. The zero-order chi connectivity index (χ0) is 38.6. The molecule has 3 atom stereocenters. The number of phenolic OH excluding ortho intramolecular Hbond substituents is 1. The molecule has 56 heavy (non-hydrogen) atoms. The van der Waals surface area contributed by atoms with Crippen molar-refractivity contribution >= 4 is 61.5 Å². The fourth-order valence-corrected chi connectivity index (χ4v) is 9.90. The second-order valence-electron chi connectivity index (χ2n) is 15.8. The summed E-state index contributed by atoms with van der Waals surface area (Å²) >= 11 is 0. The van der Waals surface area contributed by atoms with Crippen molar-refractivity contribution in [1.29, 1.82) is 0 Å². The normalized spacial score (nSPS) is 14.9. The lowest BCUT2D eigenvalue weighted by Gasteiger charge is -2.51. The zero-order valence-electron chi connectivity index (χ0n) is 32.7. The van der Waals surface area contributed by atoms with E-state index in [2.05, 4.69) is 177 Å². The predicted octanol–water partition coefficient (Wildman–Crippen LogP) is 12.4. The van der Waals surface area contributed by atoms with Crippen molar-refractivity contribution < 1.29 is 5.11 Å². The van der Waals surface area contributed by atoms with Gasteiger partial charge in [0, 0.05) is 33.0 Å². The molecule has 2 aromatic heterocycles. The molecule has 0 saturated heterocycles. The largest absolute Gasteiger partial charge is 0.507 e. The van der Waals surface area contributed by atoms with Crippen LogP contribution in [0.3, 0.4) is 0 Å². The molecule has 0 aliphatic carbocycles. The van der Waals surface area contributed by atoms with Gasteiger partial charge in [0.15, 0.2) is 0 Å². The summed E-state index contributed by atoms with van der Waals surface area (Å²) in [5.41, 5.74) is 7.36. The molecule has 0 fully saturated rings. The Labute approximate surface area is 329 Å². The molecule has 7 aromatic carbocycles. The third-order valence-electron chi connectivity index (χ3n) is 12.4. The van der Waals surface area contributed by atoms with Crippen LogP contribution in [0.5, 0.6) is 5.75 Å². The molecule has 2 heterocycles. The van der Waals surface area contributed by atoms with Crippen molar-refractivity contribution in [3.05, 3.63) is 191 Å². The van der Waals surface area contributed by atoms with Gasteiger partial charge in [-0.15, -0.1) is 0 Å². The van der Waals surface area contributed by atoms with Gasteiger partial charge in [0.25, 0.3) is 0 Å². The summed E-state index contributed by atoms with van der Waals surface area (Å²) in [4.78, 5) is 0. The van der Waals surface area contributed by atoms with Crippen LogP contribution >= 0.6 is 0 Å². The van der Waals surface area contributed by atoms with E-state index in [0.717, 1.165) is 51.1 Å². The molecular formula is C53H48N2O. The zero-order valence-corrected chi connectivity index (χ0v) is 32.7. The molecule has 0 saturated carbocycles. The lowest BCUT2D eigenvalue weighted by Crippen LogP contribution is -2.59. The number of phenols is 1. The number of hydrogen-bond donors (Lipinski definition) is 2. The number of benzene rings is 7. The molecule has 3 heteroatoms. The molecule has 9 rings (SSSR count). The Hall–Kier alpha value is -6.16. The highest BCUT2D eigenvalue weighted by Gasteiger charge is 2.54. The monoisotopic (exact) mass is 728 g/mol. The van der Waals surface area contributed by atoms with Gasteiger partial charge in [-0.25, -0.2) is 0 Å². The van der Waals surface area contributed by atoms with Crippen molar-refractivity contribution in [3.63, 3.8) is 0 Å². The lowest BCUT2D eigenvalue weighted by molar-refractivity contribution is 0.249. The topological polar surface area (TPSA) is 36.7 Å². The third kappa shape index (κ3) is 5.37. The minimum absolute atomic E-state index is 0.123. The maximum absolute atomic E-state index is 11.3. The first kappa shape index (κ1) is 35.5. The van der Waals surface area contributed by atoms with E-state index in [4.69, 9.17) is 6.58 Å². The number of nitrogens with one attached hydrogen (secondary N) is 1. The maximum atomic E-state index is 11.3. The standard InChI is InChI=1S/C53H48N2O/c1-6-17-36(3)54-53(33-32-40-20-10-16-27-48(40)56,42-31-30-38-18-7-8-21-41(38)34-42)52(5,49-35(2)28-29-39-19-9-11-23-44(39)49)50-45-24-13-15-26-47(45)55-46-25-14-12-22-43(46)37(4)51(50)55/h7-16,18-34,36,54,56H,4,6,17H2,1-3,5H3/b33-32+. The Balaban J connectivity index is 1.56. The van der Waals surface area contributed by atoms with E-state index in [9.17, 15) is 5.11 Å². The van der Waals surface area contributed by atoms with Gasteiger partial charge in [-0.2, -0.15) is 0 Å². The molecule has 0 aliphatic rings. The Kier molecular flexibility index (Phi) is 8.79. The van der Waals surface area contributed by atoms with Crippen LogP contribution in [0.4, 0.5) is 0 Å². The number of aromatic nitrogens is 1. The van der Waals surface area contributed by atoms with E-state index in [1.807, 2.05) is 18.2 Å². The number of aryl methyl sites for hydroxylation is 1. The van der Waals surface area contributed by atoms with Gasteiger partial charge in [0.05, 0.1) is 22.1 Å². The van der Waals surface area contributed by atoms with Gasteiger partial charge in [-0.1, -0.05) is 159 Å². The molecule has 0 amide bonds. The molecule has 0 bridgehead atoms. The van der Waals surface area contributed by atoms with Crippen LogP contribution in [0, 0.1) is 6.92 Å². The van der Waals surface area contributed by atoms with Gasteiger partial charge >= 0.3 is 0 Å². The summed E-state index contributed by atoms with van der Waals surface area (Å²) in [5, 5.41) is 23.8. The Morgan fingerprint density at radius 1 is 0.696 bits per heavy atom. The SMILES string of the molecule is C=c1c2ccccc2n2c1c(C(C)(c1c(C)ccc3ccccc13)C(/C=C/c1ccccc1O)(NC(C)CCC)c1ccc3ccccc3c1)c1ccccc12. The first-order chi connectivity index (χ1) is 27.3. The highest BCUT2D eigenvalue weighted by molar-refractivity contribution is 6.04. The van der Waals surface area contributed by atoms with Gasteiger partial charge in [-0.3, -0.25) is 0 Å². The van der Waals surface area contributed by atoms with Gasteiger partial charge in [0.1, 0.15) is 5.75 Å². The molecule has 9 aromatic rings. The first-order valence-corrected chi connectivity index (χ1v) is 19.9. The van der Waals surface area contributed by atoms with E-state index < -0.39 is 11.0 Å². The number of para-hydroxylation sites is 3. The quantitative estimate of drug-likeness (QED) is 0.147. The van der Waals surface area contributed by atoms with Gasteiger partial charge in [0.2, 0.25) is 0 Å². The van der Waals surface area contributed by atoms with Gasteiger partial charge in [-0.05, 0) is 95.3 Å². The highest BCUT2D eigenvalue weighted by Crippen LogP contribution is 2.55. The van der Waals surface area contributed by atoms with Crippen LogP contribution < -0.4 is 10.5 Å². The fraction of sp³-hybridized carbons (Fsp3) is 0.170. The maximum Gasteiger partial charge on any atom is 0.122 e.